The van der Waals surface area contributed by atoms with Gasteiger partial charge in [-0.1, -0.05) is 19.4 Å². The van der Waals surface area contributed by atoms with Crippen LogP contribution in [0.4, 0.5) is 0 Å². The van der Waals surface area contributed by atoms with Crippen molar-refractivity contribution in [3.63, 3.8) is 0 Å². The molecule has 0 amide bonds. The number of hydrogen-bond acceptors (Lipinski definition) is 2. The first-order chi connectivity index (χ1) is 9.58. The molecule has 1 aliphatic carbocycles. The maximum Gasteiger partial charge on any atom is 0.133 e. The summed E-state index contributed by atoms with van der Waals surface area (Å²) in [5, 5.41) is 0. The first-order valence-electron chi connectivity index (χ1n) is 7.79. The zero-order valence-electron chi connectivity index (χ0n) is 12.6. The van der Waals surface area contributed by atoms with Crippen molar-refractivity contribution < 1.29 is 4.74 Å². The summed E-state index contributed by atoms with van der Waals surface area (Å²) in [4.78, 5) is 0. The summed E-state index contributed by atoms with van der Waals surface area (Å²) in [6.45, 7) is 4.32. The van der Waals surface area contributed by atoms with Crippen LogP contribution in [0.25, 0.3) is 0 Å². The topological polar surface area (TPSA) is 35.2 Å². The molecule has 1 saturated carbocycles. The van der Waals surface area contributed by atoms with Crippen LogP contribution in [0.15, 0.2) is 22.7 Å². The molecule has 0 aliphatic heterocycles. The molecule has 20 heavy (non-hydrogen) atoms. The number of benzene rings is 1. The highest BCUT2D eigenvalue weighted by molar-refractivity contribution is 9.10. The van der Waals surface area contributed by atoms with E-state index in [9.17, 15) is 0 Å². The lowest BCUT2D eigenvalue weighted by molar-refractivity contribution is 0.129. The third-order valence-electron chi connectivity index (χ3n) is 4.22. The quantitative estimate of drug-likeness (QED) is 0.844. The third kappa shape index (κ3) is 4.49. The summed E-state index contributed by atoms with van der Waals surface area (Å²) in [7, 11) is 0. The van der Waals surface area contributed by atoms with Crippen LogP contribution in [-0.4, -0.2) is 12.1 Å². The molecule has 3 heteroatoms. The second-order valence-electron chi connectivity index (χ2n) is 6.12. The molecule has 2 N–H and O–H groups in total. The summed E-state index contributed by atoms with van der Waals surface area (Å²) in [5.74, 6) is 1.88. The molecule has 112 valence electrons. The Balaban J connectivity index is 1.93. The van der Waals surface area contributed by atoms with Crippen LogP contribution in [0.5, 0.6) is 5.75 Å². The van der Waals surface area contributed by atoms with Crippen molar-refractivity contribution >= 4 is 15.9 Å². The maximum absolute atomic E-state index is 6.16. The Morgan fingerprint density at radius 3 is 2.55 bits per heavy atom. The molecule has 2 nitrogen and oxygen atoms in total. The second kappa shape index (κ2) is 7.46. The number of nitrogens with two attached hydrogens (primary N) is 1. The molecule has 1 fully saturated rings. The summed E-state index contributed by atoms with van der Waals surface area (Å²) >= 11 is 3.62. The van der Waals surface area contributed by atoms with Gasteiger partial charge in [-0.15, -0.1) is 0 Å². The average Bonchev–Trinajstić information content (AvgIpc) is 2.42. The predicted molar refractivity (Wildman–Crippen MR) is 88.2 cm³/mol. The number of ether oxygens (including phenoxy) is 1. The second-order valence-corrected chi connectivity index (χ2v) is 6.97. The first-order valence-corrected chi connectivity index (χ1v) is 8.58. The smallest absolute Gasteiger partial charge is 0.133 e. The SMILES string of the molecule is CCC1CCC(Oc2ccc(CC(C)N)cc2Br)CC1. The predicted octanol–water partition coefficient (Wildman–Crippen LogP) is 4.69. The molecule has 0 spiro atoms. The van der Waals surface area contributed by atoms with Gasteiger partial charge in [0.25, 0.3) is 0 Å². The highest BCUT2D eigenvalue weighted by Gasteiger charge is 2.21. The summed E-state index contributed by atoms with van der Waals surface area (Å²) in [5.41, 5.74) is 7.10. The maximum atomic E-state index is 6.16. The minimum Gasteiger partial charge on any atom is -0.489 e. The number of rotatable bonds is 5. The Kier molecular flexibility index (Phi) is 5.91. The van der Waals surface area contributed by atoms with E-state index in [1.54, 1.807) is 0 Å². The lowest BCUT2D eigenvalue weighted by Crippen LogP contribution is -2.24. The van der Waals surface area contributed by atoms with Crippen LogP contribution in [0.3, 0.4) is 0 Å². The molecule has 1 aromatic rings. The van der Waals surface area contributed by atoms with Crippen LogP contribution in [0, 0.1) is 5.92 Å². The molecule has 0 heterocycles. The summed E-state index contributed by atoms with van der Waals surface area (Å²) in [6.07, 6.45) is 7.58. The lowest BCUT2D eigenvalue weighted by atomic mass is 9.86. The van der Waals surface area contributed by atoms with E-state index in [-0.39, 0.29) is 6.04 Å². The molecule has 0 radical (unpaired) electrons. The molecule has 0 aromatic heterocycles. The van der Waals surface area contributed by atoms with Gasteiger partial charge in [0.15, 0.2) is 0 Å². The fourth-order valence-electron chi connectivity index (χ4n) is 2.98. The van der Waals surface area contributed by atoms with E-state index in [0.717, 1.165) is 22.6 Å². The molecule has 1 aromatic carbocycles. The van der Waals surface area contributed by atoms with Crippen molar-refractivity contribution in [1.82, 2.24) is 0 Å². The van der Waals surface area contributed by atoms with Crippen LogP contribution in [0.1, 0.15) is 51.5 Å². The summed E-state index contributed by atoms with van der Waals surface area (Å²) in [6, 6.07) is 6.53. The van der Waals surface area contributed by atoms with E-state index in [1.807, 2.05) is 6.92 Å². The van der Waals surface area contributed by atoms with E-state index in [0.29, 0.717) is 6.10 Å². The zero-order chi connectivity index (χ0) is 14.5. The van der Waals surface area contributed by atoms with Crippen molar-refractivity contribution in [3.8, 4) is 5.75 Å². The molecule has 0 bridgehead atoms. The average molecular weight is 340 g/mol. The Labute approximate surface area is 131 Å². The first kappa shape index (κ1) is 15.8. The van der Waals surface area contributed by atoms with Crippen molar-refractivity contribution in [2.75, 3.05) is 0 Å². The van der Waals surface area contributed by atoms with Gasteiger partial charge in [-0.25, -0.2) is 0 Å². The van der Waals surface area contributed by atoms with E-state index in [4.69, 9.17) is 10.5 Å². The van der Waals surface area contributed by atoms with Gasteiger partial charge in [-0.3, -0.25) is 0 Å². The Morgan fingerprint density at radius 2 is 2.00 bits per heavy atom. The van der Waals surface area contributed by atoms with Crippen molar-refractivity contribution in [2.45, 2.75) is 64.5 Å². The van der Waals surface area contributed by atoms with Crippen molar-refractivity contribution in [3.05, 3.63) is 28.2 Å². The lowest BCUT2D eigenvalue weighted by Gasteiger charge is -2.28. The van der Waals surface area contributed by atoms with E-state index >= 15 is 0 Å². The Hall–Kier alpha value is -0.540. The monoisotopic (exact) mass is 339 g/mol. The molecule has 2 rings (SSSR count). The highest BCUT2D eigenvalue weighted by Crippen LogP contribution is 2.32. The largest absolute Gasteiger partial charge is 0.489 e. The molecule has 1 unspecified atom stereocenters. The number of halogens is 1. The van der Waals surface area contributed by atoms with Crippen molar-refractivity contribution in [2.24, 2.45) is 11.7 Å². The number of hydrogen-bond donors (Lipinski definition) is 1. The van der Waals surface area contributed by atoms with Crippen molar-refractivity contribution in [1.29, 1.82) is 0 Å². The van der Waals surface area contributed by atoms with Gasteiger partial charge in [0.05, 0.1) is 10.6 Å². The van der Waals surface area contributed by atoms with E-state index in [1.165, 1.54) is 37.7 Å². The van der Waals surface area contributed by atoms with Crippen LogP contribution in [-0.2, 0) is 6.42 Å². The summed E-state index contributed by atoms with van der Waals surface area (Å²) < 4.78 is 7.21. The molecular weight excluding hydrogens is 314 g/mol. The minimum atomic E-state index is 0.193. The Bertz CT molecular complexity index is 425. The van der Waals surface area contributed by atoms with Gasteiger partial charge in [-0.2, -0.15) is 0 Å². The molecule has 1 atom stereocenters. The van der Waals surface area contributed by atoms with Gasteiger partial charge in [0.1, 0.15) is 5.75 Å². The standard InChI is InChI=1S/C17H26BrNO/c1-3-13-4-7-15(8-5-13)20-17-9-6-14(10-12(2)19)11-16(17)18/h6,9,11-13,15H,3-5,7-8,10,19H2,1-2H3. The normalized spacial score (nSPS) is 24.4. The zero-order valence-corrected chi connectivity index (χ0v) is 14.2. The fourth-order valence-corrected chi connectivity index (χ4v) is 3.50. The van der Waals surface area contributed by atoms with Gasteiger partial charge in [-0.05, 0) is 78.6 Å². The van der Waals surface area contributed by atoms with Crippen LogP contribution in [0.2, 0.25) is 0 Å². The molecular formula is C17H26BrNO. The minimum absolute atomic E-state index is 0.193. The van der Waals surface area contributed by atoms with Gasteiger partial charge >= 0.3 is 0 Å². The molecule has 1 aliphatic rings. The Morgan fingerprint density at radius 1 is 1.30 bits per heavy atom. The van der Waals surface area contributed by atoms with Crippen LogP contribution < -0.4 is 10.5 Å². The molecule has 0 saturated heterocycles. The highest BCUT2D eigenvalue weighted by atomic mass is 79.9. The van der Waals surface area contributed by atoms with E-state index < -0.39 is 0 Å². The third-order valence-corrected chi connectivity index (χ3v) is 4.84. The van der Waals surface area contributed by atoms with Gasteiger partial charge in [0, 0.05) is 6.04 Å². The van der Waals surface area contributed by atoms with Crippen LogP contribution >= 0.6 is 15.9 Å². The van der Waals surface area contributed by atoms with Gasteiger partial charge < -0.3 is 10.5 Å². The van der Waals surface area contributed by atoms with Gasteiger partial charge in [0.2, 0.25) is 0 Å². The fraction of sp³-hybridized carbons (Fsp3) is 0.647. The van der Waals surface area contributed by atoms with E-state index in [2.05, 4.69) is 41.1 Å².